The van der Waals surface area contributed by atoms with Gasteiger partial charge in [0, 0.05) is 6.92 Å². The summed E-state index contributed by atoms with van der Waals surface area (Å²) >= 11 is 0. The van der Waals surface area contributed by atoms with E-state index in [9.17, 15) is 19.2 Å². The third-order valence-corrected chi connectivity index (χ3v) is 4.16. The van der Waals surface area contributed by atoms with Gasteiger partial charge in [-0.05, 0) is 38.1 Å². The number of hydrogen-bond acceptors (Lipinski definition) is 9. The number of para-hydroxylation sites is 2. The number of ketones is 1. The second-order valence-electron chi connectivity index (χ2n) is 6.26. The minimum absolute atomic E-state index is 0.0431. The molecule has 1 heterocycles. The predicted octanol–water partition coefficient (Wildman–Crippen LogP) is -0.158. The number of rotatable bonds is 8. The lowest BCUT2D eigenvalue weighted by atomic mass is 9.98. The van der Waals surface area contributed by atoms with Crippen LogP contribution in [-0.2, 0) is 23.9 Å². The van der Waals surface area contributed by atoms with E-state index in [2.05, 4.69) is 5.32 Å². The van der Waals surface area contributed by atoms with Crippen LogP contribution < -0.4 is 20.5 Å². The first kappa shape index (κ1) is 21.3. The summed E-state index contributed by atoms with van der Waals surface area (Å²) in [6.07, 6.45) is 0.993. The Bertz CT molecular complexity index is 760. The summed E-state index contributed by atoms with van der Waals surface area (Å²) in [6.45, 7) is 1.56. The molecule has 4 N–H and O–H groups in total. The van der Waals surface area contributed by atoms with Crippen molar-refractivity contribution in [2.75, 3.05) is 19.7 Å². The average molecular weight is 394 g/mol. The molecule has 1 aromatic carbocycles. The first-order valence-electron chi connectivity index (χ1n) is 8.63. The number of piperidine rings is 1. The van der Waals surface area contributed by atoms with E-state index in [0.717, 1.165) is 6.92 Å². The Morgan fingerprint density at radius 2 is 1.79 bits per heavy atom. The molecule has 152 valence electrons. The zero-order chi connectivity index (χ0) is 20.7. The molecule has 1 aliphatic heterocycles. The lowest BCUT2D eigenvalue weighted by molar-refractivity contribution is -0.176. The van der Waals surface area contributed by atoms with E-state index in [1.165, 1.54) is 24.3 Å². The summed E-state index contributed by atoms with van der Waals surface area (Å²) in [5.41, 5.74) is 3.24. The number of benzene rings is 1. The van der Waals surface area contributed by atoms with E-state index in [1.54, 1.807) is 0 Å². The molecule has 0 aromatic heterocycles. The van der Waals surface area contributed by atoms with Gasteiger partial charge in [0.2, 0.25) is 0 Å². The molecule has 0 amide bonds. The topological polar surface area (TPSA) is 154 Å². The number of nitrogens with one attached hydrogen (secondary N) is 1. The van der Waals surface area contributed by atoms with Crippen LogP contribution in [0.15, 0.2) is 24.3 Å². The molecule has 1 aromatic rings. The number of nitrogens with two attached hydrogens (primary N) is 1. The fraction of sp³-hybridized carbons (Fsp3) is 0.444. The largest absolute Gasteiger partial charge is 0.479 e. The first-order chi connectivity index (χ1) is 13.2. The molecule has 10 heteroatoms. The molecule has 0 bridgehead atoms. The van der Waals surface area contributed by atoms with Gasteiger partial charge in [-0.1, -0.05) is 12.1 Å². The Labute approximate surface area is 160 Å². The van der Waals surface area contributed by atoms with Crippen LogP contribution in [-0.4, -0.2) is 54.2 Å². The molecule has 1 fully saturated rings. The average Bonchev–Trinajstić information content (AvgIpc) is 2.67. The normalized spacial score (nSPS) is 16.5. The molecule has 0 saturated carbocycles. The van der Waals surface area contributed by atoms with Crippen molar-refractivity contribution < 1.29 is 38.5 Å². The van der Waals surface area contributed by atoms with E-state index >= 15 is 0 Å². The molecule has 1 saturated heterocycles. The summed E-state index contributed by atoms with van der Waals surface area (Å²) in [7, 11) is 0. The van der Waals surface area contributed by atoms with Crippen molar-refractivity contribution >= 4 is 23.7 Å². The summed E-state index contributed by atoms with van der Waals surface area (Å²) in [5, 5.41) is 11.8. The van der Waals surface area contributed by atoms with Gasteiger partial charge >= 0.3 is 23.6 Å². The van der Waals surface area contributed by atoms with Crippen LogP contribution in [0.25, 0.3) is 0 Å². The van der Waals surface area contributed by atoms with Crippen LogP contribution in [0.4, 0.5) is 0 Å². The van der Waals surface area contributed by atoms with Gasteiger partial charge in [-0.15, -0.1) is 0 Å². The molecule has 10 nitrogen and oxygen atoms in total. The van der Waals surface area contributed by atoms with Crippen molar-refractivity contribution in [1.29, 1.82) is 0 Å². The van der Waals surface area contributed by atoms with E-state index in [0.29, 0.717) is 25.9 Å². The zero-order valence-corrected chi connectivity index (χ0v) is 15.3. The van der Waals surface area contributed by atoms with Crippen molar-refractivity contribution in [2.24, 2.45) is 11.7 Å². The number of carbonyl (C=O) groups is 4. The highest BCUT2D eigenvalue weighted by atomic mass is 16.6. The number of carbonyl (C=O) groups excluding carboxylic acids is 3. The van der Waals surface area contributed by atoms with Crippen molar-refractivity contribution in [2.45, 2.75) is 25.5 Å². The molecular formula is C18H22N2O8. The number of carboxylic acid groups (broad SMARTS) is 1. The van der Waals surface area contributed by atoms with Crippen molar-refractivity contribution in [3.63, 3.8) is 0 Å². The smallest absolute Gasteiger partial charge is 0.382 e. The van der Waals surface area contributed by atoms with Gasteiger partial charge in [0.1, 0.15) is 0 Å². The molecule has 0 aliphatic carbocycles. The van der Waals surface area contributed by atoms with Crippen LogP contribution in [0.2, 0.25) is 0 Å². The maximum absolute atomic E-state index is 12.5. The predicted molar refractivity (Wildman–Crippen MR) is 94.5 cm³/mol. The van der Waals surface area contributed by atoms with E-state index in [1.807, 2.05) is 0 Å². The third-order valence-electron chi connectivity index (χ3n) is 4.16. The molecule has 1 atom stereocenters. The van der Waals surface area contributed by atoms with Gasteiger partial charge in [-0.2, -0.15) is 0 Å². The molecule has 1 unspecified atom stereocenters. The van der Waals surface area contributed by atoms with Crippen LogP contribution in [0, 0.1) is 5.92 Å². The number of aliphatic carboxylic acids is 1. The summed E-state index contributed by atoms with van der Waals surface area (Å²) in [4.78, 5) is 47.4. The Kier molecular flexibility index (Phi) is 7.07. The number of ether oxygens (including phenoxy) is 3. The monoisotopic (exact) mass is 394 g/mol. The summed E-state index contributed by atoms with van der Waals surface area (Å²) < 4.78 is 15.2. The Hall–Kier alpha value is -2.98. The van der Waals surface area contributed by atoms with Crippen molar-refractivity contribution in [3.8, 4) is 11.5 Å². The Morgan fingerprint density at radius 1 is 1.18 bits per heavy atom. The van der Waals surface area contributed by atoms with Gasteiger partial charge in [-0.3, -0.25) is 15.3 Å². The molecule has 0 spiro atoms. The van der Waals surface area contributed by atoms with Crippen LogP contribution in [0.1, 0.15) is 19.8 Å². The van der Waals surface area contributed by atoms with Crippen LogP contribution in [0.5, 0.6) is 11.5 Å². The van der Waals surface area contributed by atoms with Crippen molar-refractivity contribution in [3.05, 3.63) is 24.3 Å². The second kappa shape index (κ2) is 9.29. The first-order valence-corrected chi connectivity index (χ1v) is 8.63. The lowest BCUT2D eigenvalue weighted by Crippen LogP contribution is -2.60. The lowest BCUT2D eigenvalue weighted by Gasteiger charge is -2.27. The SMILES string of the molecule is CC(=O)C(N)(Oc1ccccc1OCC(=O)O)C(=O)OC(=O)C1CCNCC1. The van der Waals surface area contributed by atoms with Gasteiger partial charge in [-0.25, -0.2) is 9.59 Å². The third kappa shape index (κ3) is 5.27. The molecule has 1 aliphatic rings. The van der Waals surface area contributed by atoms with Crippen molar-refractivity contribution in [1.82, 2.24) is 5.32 Å². The van der Waals surface area contributed by atoms with Gasteiger partial charge in [0.25, 0.3) is 0 Å². The highest BCUT2D eigenvalue weighted by molar-refractivity contribution is 6.08. The summed E-state index contributed by atoms with van der Waals surface area (Å²) in [5.74, 6) is -4.92. The number of esters is 2. The fourth-order valence-electron chi connectivity index (χ4n) is 2.53. The van der Waals surface area contributed by atoms with Gasteiger partial charge < -0.3 is 24.6 Å². The maximum atomic E-state index is 12.5. The van der Waals surface area contributed by atoms with E-state index in [-0.39, 0.29) is 11.5 Å². The maximum Gasteiger partial charge on any atom is 0.382 e. The number of hydrogen-bond donors (Lipinski definition) is 3. The van der Waals surface area contributed by atoms with E-state index < -0.39 is 41.9 Å². The number of carboxylic acids is 1. The quantitative estimate of drug-likeness (QED) is 0.308. The second-order valence-corrected chi connectivity index (χ2v) is 6.26. The van der Waals surface area contributed by atoms with Crippen LogP contribution >= 0.6 is 0 Å². The molecular weight excluding hydrogens is 372 g/mol. The van der Waals surface area contributed by atoms with Gasteiger partial charge in [0.05, 0.1) is 5.92 Å². The highest BCUT2D eigenvalue weighted by Crippen LogP contribution is 2.29. The fourth-order valence-corrected chi connectivity index (χ4v) is 2.53. The number of Topliss-reactive ketones (excluding diaryl/α,β-unsaturated/α-hetero) is 1. The van der Waals surface area contributed by atoms with Gasteiger partial charge in [0.15, 0.2) is 23.9 Å². The Balaban J connectivity index is 2.16. The van der Waals surface area contributed by atoms with E-state index in [4.69, 9.17) is 25.1 Å². The molecule has 0 radical (unpaired) electrons. The summed E-state index contributed by atoms with van der Waals surface area (Å²) in [6, 6.07) is 5.76. The minimum atomic E-state index is -2.59. The molecule has 2 rings (SSSR count). The standard InChI is InChI=1S/C18H22N2O8/c1-11(21)18(19,17(25)27-16(24)12-6-8-20-9-7-12)28-14-5-3-2-4-13(14)26-10-15(22)23/h2-5,12,20H,6-10,19H2,1H3,(H,22,23). The molecule has 28 heavy (non-hydrogen) atoms. The van der Waals surface area contributed by atoms with Crippen LogP contribution in [0.3, 0.4) is 0 Å². The zero-order valence-electron chi connectivity index (χ0n) is 15.3. The Morgan fingerprint density at radius 3 is 2.36 bits per heavy atom. The highest BCUT2D eigenvalue weighted by Gasteiger charge is 2.46. The minimum Gasteiger partial charge on any atom is -0.479 e.